The van der Waals surface area contributed by atoms with Gasteiger partial charge in [-0.15, -0.1) is 0 Å². The summed E-state index contributed by atoms with van der Waals surface area (Å²) in [5.41, 5.74) is 5.78. The number of hydrogen-bond donors (Lipinski definition) is 4. The van der Waals surface area contributed by atoms with Crippen molar-refractivity contribution in [3.8, 4) is 0 Å². The molecule has 0 spiro atoms. The summed E-state index contributed by atoms with van der Waals surface area (Å²) in [6.45, 7) is 5.01. The number of nitrogens with one attached hydrogen (secondary N) is 2. The Kier molecular flexibility index (Phi) is 8.06. The Hall–Kier alpha value is -0.790. The van der Waals surface area contributed by atoms with Crippen molar-refractivity contribution in [2.45, 2.75) is 51.2 Å². The van der Waals surface area contributed by atoms with E-state index in [1.807, 2.05) is 13.8 Å². The third kappa shape index (κ3) is 6.67. The van der Waals surface area contributed by atoms with Crippen molar-refractivity contribution in [3.63, 3.8) is 0 Å². The molecule has 1 rings (SSSR count). The van der Waals surface area contributed by atoms with E-state index in [2.05, 4.69) is 23.3 Å². The average Bonchev–Trinajstić information content (AvgIpc) is 2.46. The van der Waals surface area contributed by atoms with Crippen LogP contribution >= 0.6 is 12.6 Å². The molecule has 0 aromatic carbocycles. The molecule has 1 aliphatic heterocycles. The smallest absolute Gasteiger partial charge is 0.328 e. The fourth-order valence-corrected chi connectivity index (χ4v) is 2.39. The number of esters is 1. The van der Waals surface area contributed by atoms with Gasteiger partial charge < -0.3 is 21.1 Å². The molecule has 1 fully saturated rings. The molecule has 0 unspecified atom stereocenters. The zero-order valence-electron chi connectivity index (χ0n) is 12.8. The molecule has 0 radical (unpaired) electrons. The zero-order chi connectivity index (χ0) is 15.8. The van der Waals surface area contributed by atoms with E-state index in [-0.39, 0.29) is 29.9 Å². The second-order valence-corrected chi connectivity index (χ2v) is 6.12. The van der Waals surface area contributed by atoms with Crippen LogP contribution in [0.15, 0.2) is 0 Å². The van der Waals surface area contributed by atoms with Crippen LogP contribution in [0.25, 0.3) is 0 Å². The van der Waals surface area contributed by atoms with Crippen molar-refractivity contribution in [1.29, 1.82) is 0 Å². The highest BCUT2D eigenvalue weighted by molar-refractivity contribution is 7.80. The number of rotatable bonds is 8. The predicted octanol–water partition coefficient (Wildman–Crippen LogP) is 0.0696. The predicted molar refractivity (Wildman–Crippen MR) is 85.2 cm³/mol. The molecular formula is C14H27N3O3S. The summed E-state index contributed by atoms with van der Waals surface area (Å²) >= 11 is 4.13. The lowest BCUT2D eigenvalue weighted by atomic mass is 10.0. The molecule has 1 aliphatic rings. The first-order valence-electron chi connectivity index (χ1n) is 7.50. The number of carbonyl (C=O) groups is 2. The normalized spacial score (nSPS) is 23.0. The summed E-state index contributed by atoms with van der Waals surface area (Å²) in [5, 5.41) is 6.06. The Morgan fingerprint density at radius 3 is 2.86 bits per heavy atom. The Morgan fingerprint density at radius 1 is 1.52 bits per heavy atom. The first-order chi connectivity index (χ1) is 9.93. The Morgan fingerprint density at radius 2 is 2.24 bits per heavy atom. The summed E-state index contributed by atoms with van der Waals surface area (Å²) in [6.07, 6.45) is 2.14. The van der Waals surface area contributed by atoms with Crippen LogP contribution < -0.4 is 16.4 Å². The molecule has 1 saturated heterocycles. The molecule has 6 nitrogen and oxygen atoms in total. The van der Waals surface area contributed by atoms with E-state index < -0.39 is 6.04 Å². The second-order valence-electron chi connectivity index (χ2n) is 5.76. The molecule has 0 bridgehead atoms. The standard InChI is InChI=1S/C14H27N3O3S/c1-9(6-10(2)16-7-11(15)8-21)13(18)17-12-4-3-5-20-14(12)19/h9-12,16,21H,3-8,15H2,1-2H3,(H,17,18)/t9-,10+,11-,12+/m1/s1. The molecule has 4 atom stereocenters. The lowest BCUT2D eigenvalue weighted by molar-refractivity contribution is -0.152. The number of carbonyl (C=O) groups excluding carboxylic acids is 2. The number of ether oxygens (including phenoxy) is 1. The maximum absolute atomic E-state index is 12.1. The molecule has 1 amide bonds. The number of cyclic esters (lactones) is 1. The number of nitrogens with two attached hydrogens (primary N) is 1. The summed E-state index contributed by atoms with van der Waals surface area (Å²) in [5.74, 6) is 0.0210. The van der Waals surface area contributed by atoms with Crippen LogP contribution in [0, 0.1) is 5.92 Å². The minimum absolute atomic E-state index is 0.0110. The van der Waals surface area contributed by atoms with Crippen LogP contribution in [0.3, 0.4) is 0 Å². The summed E-state index contributed by atoms with van der Waals surface area (Å²) in [6, 6.07) is -0.304. The van der Waals surface area contributed by atoms with Crippen molar-refractivity contribution < 1.29 is 14.3 Å². The molecule has 1 heterocycles. The largest absolute Gasteiger partial charge is 0.464 e. The van der Waals surface area contributed by atoms with Gasteiger partial charge in [0.15, 0.2) is 0 Å². The van der Waals surface area contributed by atoms with Crippen LogP contribution in [0.5, 0.6) is 0 Å². The highest BCUT2D eigenvalue weighted by Crippen LogP contribution is 2.11. The van der Waals surface area contributed by atoms with E-state index in [1.165, 1.54) is 0 Å². The Balaban J connectivity index is 2.31. The van der Waals surface area contributed by atoms with Gasteiger partial charge >= 0.3 is 5.97 Å². The fraction of sp³-hybridized carbons (Fsp3) is 0.857. The molecule has 0 saturated carbocycles. The summed E-state index contributed by atoms with van der Waals surface area (Å²) in [7, 11) is 0. The lowest BCUT2D eigenvalue weighted by Crippen LogP contribution is -2.47. The van der Waals surface area contributed by atoms with E-state index >= 15 is 0 Å². The van der Waals surface area contributed by atoms with Crippen molar-refractivity contribution in [1.82, 2.24) is 10.6 Å². The maximum Gasteiger partial charge on any atom is 0.328 e. The van der Waals surface area contributed by atoms with Crippen LogP contribution in [0.1, 0.15) is 33.1 Å². The lowest BCUT2D eigenvalue weighted by Gasteiger charge is -2.24. The van der Waals surface area contributed by atoms with Gasteiger partial charge in [-0.05, 0) is 26.2 Å². The van der Waals surface area contributed by atoms with Crippen LogP contribution in [-0.2, 0) is 14.3 Å². The second kappa shape index (κ2) is 9.27. The molecular weight excluding hydrogens is 290 g/mol. The molecule has 21 heavy (non-hydrogen) atoms. The highest BCUT2D eigenvalue weighted by atomic mass is 32.1. The Bertz CT molecular complexity index is 354. The van der Waals surface area contributed by atoms with Gasteiger partial charge in [0.05, 0.1) is 6.61 Å². The number of amides is 1. The first kappa shape index (κ1) is 18.3. The summed E-state index contributed by atoms with van der Waals surface area (Å²) in [4.78, 5) is 23.6. The van der Waals surface area contributed by atoms with E-state index in [0.29, 0.717) is 31.7 Å². The zero-order valence-corrected chi connectivity index (χ0v) is 13.7. The van der Waals surface area contributed by atoms with Gasteiger partial charge in [0, 0.05) is 30.3 Å². The van der Waals surface area contributed by atoms with Crippen molar-refractivity contribution >= 4 is 24.5 Å². The molecule has 0 aromatic rings. The Labute approximate surface area is 132 Å². The molecule has 0 aliphatic carbocycles. The van der Waals surface area contributed by atoms with Crippen molar-refractivity contribution in [2.24, 2.45) is 11.7 Å². The average molecular weight is 317 g/mol. The summed E-state index contributed by atoms with van der Waals surface area (Å²) < 4.78 is 4.94. The van der Waals surface area contributed by atoms with Crippen LogP contribution in [-0.4, -0.2) is 48.9 Å². The van der Waals surface area contributed by atoms with E-state index in [4.69, 9.17) is 10.5 Å². The first-order valence-corrected chi connectivity index (χ1v) is 8.14. The van der Waals surface area contributed by atoms with E-state index in [1.54, 1.807) is 0 Å². The van der Waals surface area contributed by atoms with Gasteiger partial charge in [-0.1, -0.05) is 6.92 Å². The number of thiol groups is 1. The molecule has 7 heteroatoms. The molecule has 0 aromatic heterocycles. The van der Waals surface area contributed by atoms with Crippen LogP contribution in [0.4, 0.5) is 0 Å². The van der Waals surface area contributed by atoms with Gasteiger partial charge in [-0.3, -0.25) is 4.79 Å². The third-order valence-electron chi connectivity index (χ3n) is 3.60. The monoisotopic (exact) mass is 317 g/mol. The van der Waals surface area contributed by atoms with Crippen LogP contribution in [0.2, 0.25) is 0 Å². The number of hydrogen-bond acceptors (Lipinski definition) is 6. The van der Waals surface area contributed by atoms with Gasteiger partial charge in [0.25, 0.3) is 0 Å². The van der Waals surface area contributed by atoms with Crippen molar-refractivity contribution in [2.75, 3.05) is 18.9 Å². The minimum Gasteiger partial charge on any atom is -0.464 e. The van der Waals surface area contributed by atoms with Gasteiger partial charge in [-0.2, -0.15) is 12.6 Å². The van der Waals surface area contributed by atoms with Gasteiger partial charge in [0.2, 0.25) is 5.91 Å². The van der Waals surface area contributed by atoms with Crippen molar-refractivity contribution in [3.05, 3.63) is 0 Å². The SMILES string of the molecule is C[C@H](C[C@H](C)NC[C@@H](N)CS)C(=O)N[C@H]1CCCOC1=O. The topological polar surface area (TPSA) is 93.4 Å². The maximum atomic E-state index is 12.1. The highest BCUT2D eigenvalue weighted by Gasteiger charge is 2.27. The molecule has 4 N–H and O–H groups in total. The van der Waals surface area contributed by atoms with Gasteiger partial charge in [-0.25, -0.2) is 4.79 Å². The van der Waals surface area contributed by atoms with E-state index in [9.17, 15) is 9.59 Å². The third-order valence-corrected chi connectivity index (χ3v) is 4.07. The minimum atomic E-state index is -0.491. The molecule has 122 valence electrons. The quantitative estimate of drug-likeness (QED) is 0.375. The fourth-order valence-electron chi connectivity index (χ4n) is 2.26. The van der Waals surface area contributed by atoms with Gasteiger partial charge in [0.1, 0.15) is 6.04 Å². The van der Waals surface area contributed by atoms with E-state index in [0.717, 1.165) is 6.42 Å².